The quantitative estimate of drug-likeness (QED) is 0.817. The van der Waals surface area contributed by atoms with Crippen molar-refractivity contribution in [2.24, 2.45) is 0 Å². The van der Waals surface area contributed by atoms with Gasteiger partial charge in [0.1, 0.15) is 0 Å². The van der Waals surface area contributed by atoms with Crippen molar-refractivity contribution >= 4 is 11.6 Å². The Hall–Kier alpha value is -1.71. The van der Waals surface area contributed by atoms with Gasteiger partial charge < -0.3 is 5.32 Å². The van der Waals surface area contributed by atoms with Crippen LogP contribution >= 0.6 is 0 Å². The van der Waals surface area contributed by atoms with Crippen LogP contribution in [-0.2, 0) is 4.79 Å². The Kier molecular flexibility index (Phi) is 3.85. The third-order valence-corrected chi connectivity index (χ3v) is 2.82. The fourth-order valence-electron chi connectivity index (χ4n) is 1.94. The molecule has 1 heterocycles. The molecule has 2 rings (SSSR count). The first-order valence-corrected chi connectivity index (χ1v) is 5.83. The Labute approximate surface area is 99.8 Å². The number of hydrogen-bond donors (Lipinski definition) is 1. The van der Waals surface area contributed by atoms with Crippen LogP contribution in [0.2, 0.25) is 0 Å². The highest BCUT2D eigenvalue weighted by Gasteiger charge is 2.10. The fraction of sp³-hybridized carbons (Fsp3) is 0.385. The highest BCUT2D eigenvalue weighted by atomic mass is 19.1. The highest BCUT2D eigenvalue weighted by Crippen LogP contribution is 2.21. The molecule has 0 fully saturated rings. The van der Waals surface area contributed by atoms with E-state index < -0.39 is 5.82 Å². The molecule has 1 aliphatic carbocycles. The number of amides is 1. The van der Waals surface area contributed by atoms with Crippen molar-refractivity contribution in [3.63, 3.8) is 0 Å². The molecule has 90 valence electrons. The van der Waals surface area contributed by atoms with Crippen LogP contribution in [0.3, 0.4) is 0 Å². The highest BCUT2D eigenvalue weighted by molar-refractivity contribution is 5.92. The Bertz CT molecular complexity index is 443. The Balaban J connectivity index is 1.93. The summed E-state index contributed by atoms with van der Waals surface area (Å²) in [6.07, 6.45) is 9.40. The summed E-state index contributed by atoms with van der Waals surface area (Å²) in [5, 5.41) is 2.56. The number of rotatable bonds is 3. The Morgan fingerprint density at radius 2 is 2.35 bits per heavy atom. The van der Waals surface area contributed by atoms with Gasteiger partial charge in [-0.05, 0) is 31.7 Å². The summed E-state index contributed by atoms with van der Waals surface area (Å²) in [6.45, 7) is 0. The van der Waals surface area contributed by atoms with Crippen LogP contribution in [0, 0.1) is 5.82 Å². The number of hydrogen-bond acceptors (Lipinski definition) is 2. The van der Waals surface area contributed by atoms with Crippen molar-refractivity contribution in [1.29, 1.82) is 0 Å². The second-order valence-electron chi connectivity index (χ2n) is 4.19. The lowest BCUT2D eigenvalue weighted by atomic mass is 9.97. The zero-order chi connectivity index (χ0) is 12.1. The second-order valence-corrected chi connectivity index (χ2v) is 4.19. The summed E-state index contributed by atoms with van der Waals surface area (Å²) in [5.74, 6) is -0.665. The number of halogens is 1. The van der Waals surface area contributed by atoms with Gasteiger partial charge in [-0.15, -0.1) is 0 Å². The van der Waals surface area contributed by atoms with Crippen molar-refractivity contribution in [3.05, 3.63) is 35.9 Å². The number of nitrogens with one attached hydrogen (secondary N) is 1. The maximum absolute atomic E-state index is 13.2. The van der Waals surface area contributed by atoms with E-state index in [-0.39, 0.29) is 11.6 Å². The van der Waals surface area contributed by atoms with E-state index in [0.717, 1.165) is 31.0 Å². The second kappa shape index (κ2) is 5.57. The fourth-order valence-corrected chi connectivity index (χ4v) is 1.94. The van der Waals surface area contributed by atoms with E-state index in [1.165, 1.54) is 18.7 Å². The van der Waals surface area contributed by atoms with Crippen LogP contribution in [0.15, 0.2) is 30.1 Å². The molecule has 0 radical (unpaired) electrons. The largest absolute Gasteiger partial charge is 0.323 e. The number of allylic oxidation sites excluding steroid dienone is 1. The van der Waals surface area contributed by atoms with E-state index in [1.54, 1.807) is 0 Å². The number of carbonyl (C=O) groups excluding carboxylic acids is 1. The normalized spacial score (nSPS) is 15.2. The SMILES string of the molecule is O=C(CC1=CCCCC1)Nc1ccncc1F. The summed E-state index contributed by atoms with van der Waals surface area (Å²) in [7, 11) is 0. The molecule has 17 heavy (non-hydrogen) atoms. The first-order valence-electron chi connectivity index (χ1n) is 5.83. The van der Waals surface area contributed by atoms with E-state index in [9.17, 15) is 9.18 Å². The zero-order valence-corrected chi connectivity index (χ0v) is 9.58. The predicted octanol–water partition coefficient (Wildman–Crippen LogP) is 3.05. The van der Waals surface area contributed by atoms with Crippen LogP contribution < -0.4 is 5.32 Å². The van der Waals surface area contributed by atoms with Crippen molar-refractivity contribution in [3.8, 4) is 0 Å². The van der Waals surface area contributed by atoms with Gasteiger partial charge in [-0.2, -0.15) is 0 Å². The topological polar surface area (TPSA) is 42.0 Å². The monoisotopic (exact) mass is 234 g/mol. The summed E-state index contributed by atoms with van der Waals surface area (Å²) >= 11 is 0. The lowest BCUT2D eigenvalue weighted by Crippen LogP contribution is -2.14. The molecular formula is C13H15FN2O. The average molecular weight is 234 g/mol. The third kappa shape index (κ3) is 3.37. The van der Waals surface area contributed by atoms with Crippen LogP contribution in [-0.4, -0.2) is 10.9 Å². The van der Waals surface area contributed by atoms with Gasteiger partial charge in [-0.25, -0.2) is 4.39 Å². The molecule has 0 atom stereocenters. The number of nitrogens with zero attached hydrogens (tertiary/aromatic N) is 1. The molecule has 1 aliphatic rings. The molecule has 0 bridgehead atoms. The van der Waals surface area contributed by atoms with Crippen LogP contribution in [0.4, 0.5) is 10.1 Å². The molecule has 1 aromatic heterocycles. The van der Waals surface area contributed by atoms with E-state index in [1.807, 2.05) is 0 Å². The van der Waals surface area contributed by atoms with Gasteiger partial charge in [0.2, 0.25) is 5.91 Å². The summed E-state index contributed by atoms with van der Waals surface area (Å²) in [5.41, 5.74) is 1.35. The molecule has 0 unspecified atom stereocenters. The zero-order valence-electron chi connectivity index (χ0n) is 9.58. The molecule has 0 aromatic carbocycles. The van der Waals surface area contributed by atoms with Gasteiger partial charge in [-0.1, -0.05) is 11.6 Å². The van der Waals surface area contributed by atoms with Crippen molar-refractivity contribution in [2.75, 3.05) is 5.32 Å². The first-order chi connectivity index (χ1) is 8.25. The molecule has 0 spiro atoms. The van der Waals surface area contributed by atoms with E-state index >= 15 is 0 Å². The minimum absolute atomic E-state index is 0.164. The van der Waals surface area contributed by atoms with Gasteiger partial charge in [0.15, 0.2) is 5.82 Å². The molecule has 0 saturated heterocycles. The molecular weight excluding hydrogens is 219 g/mol. The van der Waals surface area contributed by atoms with E-state index in [0.29, 0.717) is 6.42 Å². The summed E-state index contributed by atoms with van der Waals surface area (Å²) < 4.78 is 13.2. The summed E-state index contributed by atoms with van der Waals surface area (Å²) in [6, 6.07) is 1.46. The van der Waals surface area contributed by atoms with Crippen molar-refractivity contribution < 1.29 is 9.18 Å². The maximum atomic E-state index is 13.2. The van der Waals surface area contributed by atoms with Gasteiger partial charge in [0, 0.05) is 12.6 Å². The number of carbonyl (C=O) groups is 1. The Morgan fingerprint density at radius 1 is 1.47 bits per heavy atom. The standard InChI is InChI=1S/C13H15FN2O/c14-11-9-15-7-6-12(11)16-13(17)8-10-4-2-1-3-5-10/h4,6-7,9H,1-3,5,8H2,(H,15,16,17). The minimum Gasteiger partial charge on any atom is -0.323 e. The molecule has 1 amide bonds. The van der Waals surface area contributed by atoms with Crippen molar-refractivity contribution in [1.82, 2.24) is 4.98 Å². The molecule has 3 nitrogen and oxygen atoms in total. The van der Waals surface area contributed by atoms with Crippen LogP contribution in [0.1, 0.15) is 32.1 Å². The summed E-state index contributed by atoms with van der Waals surface area (Å²) in [4.78, 5) is 15.3. The lowest BCUT2D eigenvalue weighted by molar-refractivity contribution is -0.115. The molecule has 0 aliphatic heterocycles. The minimum atomic E-state index is -0.501. The predicted molar refractivity (Wildman–Crippen MR) is 64.0 cm³/mol. The first kappa shape index (κ1) is 11.8. The number of aromatic nitrogens is 1. The Morgan fingerprint density at radius 3 is 3.06 bits per heavy atom. The lowest BCUT2D eigenvalue weighted by Gasteiger charge is -2.12. The van der Waals surface area contributed by atoms with E-state index in [2.05, 4.69) is 16.4 Å². The van der Waals surface area contributed by atoms with Crippen molar-refractivity contribution in [2.45, 2.75) is 32.1 Å². The molecule has 1 N–H and O–H groups in total. The number of pyridine rings is 1. The molecule has 0 saturated carbocycles. The van der Waals surface area contributed by atoms with Gasteiger partial charge in [0.05, 0.1) is 11.9 Å². The van der Waals surface area contributed by atoms with Gasteiger partial charge in [-0.3, -0.25) is 9.78 Å². The maximum Gasteiger partial charge on any atom is 0.228 e. The molecule has 4 heteroatoms. The van der Waals surface area contributed by atoms with Crippen LogP contribution in [0.25, 0.3) is 0 Å². The number of anilines is 1. The smallest absolute Gasteiger partial charge is 0.228 e. The van der Waals surface area contributed by atoms with Crippen LogP contribution in [0.5, 0.6) is 0 Å². The van der Waals surface area contributed by atoms with Gasteiger partial charge in [0.25, 0.3) is 0 Å². The third-order valence-electron chi connectivity index (χ3n) is 2.82. The molecule has 1 aromatic rings. The van der Waals surface area contributed by atoms with Gasteiger partial charge >= 0.3 is 0 Å². The average Bonchev–Trinajstić information content (AvgIpc) is 2.33. The van der Waals surface area contributed by atoms with E-state index in [4.69, 9.17) is 0 Å².